The van der Waals surface area contributed by atoms with Gasteiger partial charge in [0.05, 0.1) is 21.5 Å². The molecule has 0 aliphatic carbocycles. The number of nitrogens with one attached hydrogen (secondary N) is 1. The minimum atomic E-state index is -0.828. The zero-order valence-corrected chi connectivity index (χ0v) is 8.21. The third-order valence-corrected chi connectivity index (χ3v) is 2.18. The van der Waals surface area contributed by atoms with Crippen LogP contribution in [-0.4, -0.2) is 22.5 Å². The second kappa shape index (κ2) is 3.70. The van der Waals surface area contributed by atoms with Gasteiger partial charge in [0.25, 0.3) is 11.4 Å². The van der Waals surface area contributed by atoms with E-state index in [1.54, 1.807) is 0 Å². The summed E-state index contributed by atoms with van der Waals surface area (Å²) in [6.07, 6.45) is 0. The second-order valence-corrected chi connectivity index (χ2v) is 3.15. The highest BCUT2D eigenvalue weighted by Gasteiger charge is 2.30. The Hall–Kier alpha value is -2.71. The molecule has 0 saturated carbocycles. The molecule has 88 valence electrons. The summed E-state index contributed by atoms with van der Waals surface area (Å²) in [7, 11) is 0. The summed E-state index contributed by atoms with van der Waals surface area (Å²) in [4.78, 5) is 31.0. The lowest BCUT2D eigenvalue weighted by molar-refractivity contribution is -0.393. The van der Waals surface area contributed by atoms with Crippen LogP contribution in [0.5, 0.6) is 0 Å². The van der Waals surface area contributed by atoms with Crippen molar-refractivity contribution in [2.45, 2.75) is 0 Å². The van der Waals surface area contributed by atoms with Crippen LogP contribution in [0.15, 0.2) is 12.1 Å². The Balaban J connectivity index is 2.70. The third kappa shape index (κ3) is 1.73. The van der Waals surface area contributed by atoms with E-state index in [2.05, 4.69) is 10.1 Å². The van der Waals surface area contributed by atoms with Crippen molar-refractivity contribution in [1.82, 2.24) is 0 Å². The molecule has 1 heterocycles. The smallest absolute Gasteiger partial charge is 0.342 e. The van der Waals surface area contributed by atoms with E-state index in [1.807, 2.05) is 0 Å². The lowest BCUT2D eigenvalue weighted by Gasteiger charge is -2.16. The van der Waals surface area contributed by atoms with Crippen LogP contribution in [0.2, 0.25) is 0 Å². The number of esters is 1. The van der Waals surface area contributed by atoms with Gasteiger partial charge in [-0.25, -0.2) is 4.79 Å². The van der Waals surface area contributed by atoms with Crippen LogP contribution in [0.3, 0.4) is 0 Å². The van der Waals surface area contributed by atoms with Crippen molar-refractivity contribution in [3.8, 4) is 0 Å². The van der Waals surface area contributed by atoms with Crippen molar-refractivity contribution in [2.24, 2.45) is 0 Å². The summed E-state index contributed by atoms with van der Waals surface area (Å²) in [5.74, 6) is -0.828. The van der Waals surface area contributed by atoms with E-state index >= 15 is 0 Å². The fourth-order valence-corrected chi connectivity index (χ4v) is 1.46. The molecule has 1 aliphatic heterocycles. The average molecular weight is 239 g/mol. The van der Waals surface area contributed by atoms with E-state index in [1.165, 1.54) is 0 Å². The number of rotatable bonds is 2. The van der Waals surface area contributed by atoms with E-state index in [4.69, 9.17) is 0 Å². The number of nitrogens with zero attached hydrogens (tertiary/aromatic N) is 2. The van der Waals surface area contributed by atoms with Crippen molar-refractivity contribution in [3.63, 3.8) is 0 Å². The first-order chi connectivity index (χ1) is 8.00. The number of benzene rings is 1. The number of nitro groups is 2. The van der Waals surface area contributed by atoms with Crippen LogP contribution in [0.1, 0.15) is 10.4 Å². The maximum absolute atomic E-state index is 11.3. The highest BCUT2D eigenvalue weighted by molar-refractivity contribution is 6.00. The maximum Gasteiger partial charge on any atom is 0.342 e. The molecule has 17 heavy (non-hydrogen) atoms. The predicted molar refractivity (Wildman–Crippen MR) is 53.7 cm³/mol. The summed E-state index contributed by atoms with van der Waals surface area (Å²) in [6.45, 7) is -0.204. The quantitative estimate of drug-likeness (QED) is 0.464. The Morgan fingerprint density at radius 3 is 2.53 bits per heavy atom. The van der Waals surface area contributed by atoms with Gasteiger partial charge in [-0.3, -0.25) is 20.2 Å². The molecule has 0 fully saturated rings. The second-order valence-electron chi connectivity index (χ2n) is 3.15. The lowest BCUT2D eigenvalue weighted by Crippen LogP contribution is -2.22. The third-order valence-electron chi connectivity index (χ3n) is 2.18. The van der Waals surface area contributed by atoms with Gasteiger partial charge in [-0.2, -0.15) is 0 Å². The average Bonchev–Trinajstić information content (AvgIpc) is 2.28. The largest absolute Gasteiger partial charge is 0.441 e. The number of ether oxygens (including phenoxy) is 1. The Morgan fingerprint density at radius 2 is 1.94 bits per heavy atom. The first-order valence-corrected chi connectivity index (χ1v) is 4.38. The van der Waals surface area contributed by atoms with Gasteiger partial charge in [0.15, 0.2) is 6.73 Å². The topological polar surface area (TPSA) is 125 Å². The molecule has 1 aromatic rings. The Labute approximate surface area is 93.3 Å². The van der Waals surface area contributed by atoms with Crippen LogP contribution in [0.25, 0.3) is 0 Å². The molecule has 0 bridgehead atoms. The molecule has 1 N–H and O–H groups in total. The summed E-state index contributed by atoms with van der Waals surface area (Å²) < 4.78 is 4.58. The molecule has 0 spiro atoms. The van der Waals surface area contributed by atoms with Gasteiger partial charge in [-0.15, -0.1) is 0 Å². The molecular formula is C8H5N3O6. The van der Waals surface area contributed by atoms with E-state index in [9.17, 15) is 25.0 Å². The fraction of sp³-hybridized carbons (Fsp3) is 0.125. The van der Waals surface area contributed by atoms with E-state index in [-0.39, 0.29) is 18.0 Å². The van der Waals surface area contributed by atoms with Gasteiger partial charge in [0, 0.05) is 6.07 Å². The first-order valence-electron chi connectivity index (χ1n) is 4.38. The number of carbonyl (C=O) groups excluding carboxylic acids is 1. The fourth-order valence-electron chi connectivity index (χ4n) is 1.46. The van der Waals surface area contributed by atoms with Gasteiger partial charge in [-0.05, 0) is 0 Å². The van der Waals surface area contributed by atoms with Crippen molar-refractivity contribution >= 4 is 23.0 Å². The van der Waals surface area contributed by atoms with E-state index in [0.29, 0.717) is 0 Å². The van der Waals surface area contributed by atoms with E-state index < -0.39 is 27.2 Å². The van der Waals surface area contributed by atoms with Gasteiger partial charge < -0.3 is 10.1 Å². The van der Waals surface area contributed by atoms with Crippen LogP contribution in [0, 0.1) is 20.2 Å². The number of carbonyl (C=O) groups is 1. The molecule has 0 amide bonds. The summed E-state index contributed by atoms with van der Waals surface area (Å²) in [5.41, 5.74) is -1.32. The van der Waals surface area contributed by atoms with E-state index in [0.717, 1.165) is 12.1 Å². The van der Waals surface area contributed by atoms with Crippen molar-refractivity contribution in [2.75, 3.05) is 12.0 Å². The van der Waals surface area contributed by atoms with Crippen molar-refractivity contribution in [1.29, 1.82) is 0 Å². The van der Waals surface area contributed by atoms with Crippen LogP contribution < -0.4 is 5.32 Å². The molecular weight excluding hydrogens is 234 g/mol. The minimum Gasteiger partial charge on any atom is -0.441 e. The Morgan fingerprint density at radius 1 is 1.24 bits per heavy atom. The van der Waals surface area contributed by atoms with Crippen molar-refractivity contribution < 1.29 is 19.4 Å². The molecule has 9 heteroatoms. The predicted octanol–water partition coefficient (Wildman–Crippen LogP) is 1.04. The summed E-state index contributed by atoms with van der Waals surface area (Å²) in [5, 5.41) is 23.8. The van der Waals surface area contributed by atoms with Crippen molar-refractivity contribution in [3.05, 3.63) is 37.9 Å². The minimum absolute atomic E-state index is 0.0585. The van der Waals surface area contributed by atoms with Crippen LogP contribution in [-0.2, 0) is 4.74 Å². The number of hydrogen-bond donors (Lipinski definition) is 1. The number of nitro benzene ring substituents is 2. The number of non-ortho nitro benzene ring substituents is 1. The van der Waals surface area contributed by atoms with Gasteiger partial charge in [0.1, 0.15) is 5.69 Å². The molecule has 2 rings (SSSR count). The molecule has 0 saturated heterocycles. The number of cyclic esters (lactones) is 1. The Kier molecular flexibility index (Phi) is 2.35. The monoisotopic (exact) mass is 239 g/mol. The summed E-state index contributed by atoms with van der Waals surface area (Å²) in [6, 6.07) is 1.74. The molecule has 0 radical (unpaired) electrons. The summed E-state index contributed by atoms with van der Waals surface area (Å²) >= 11 is 0. The standard InChI is InChI=1S/C8H5N3O6/c12-8-5-1-4(10(13)14)2-6(11(15)16)7(5)9-3-17-8/h1-2,9H,3H2. The van der Waals surface area contributed by atoms with Crippen LogP contribution >= 0.6 is 0 Å². The zero-order valence-electron chi connectivity index (χ0n) is 8.21. The molecule has 1 aromatic carbocycles. The van der Waals surface area contributed by atoms with Gasteiger partial charge in [0.2, 0.25) is 0 Å². The number of hydrogen-bond acceptors (Lipinski definition) is 7. The maximum atomic E-state index is 11.3. The number of anilines is 1. The lowest BCUT2D eigenvalue weighted by atomic mass is 10.1. The highest BCUT2D eigenvalue weighted by atomic mass is 16.6. The Bertz CT molecular complexity index is 523. The normalized spacial score (nSPS) is 13.3. The highest BCUT2D eigenvalue weighted by Crippen LogP contribution is 2.35. The van der Waals surface area contributed by atoms with Crippen LogP contribution in [0.4, 0.5) is 17.1 Å². The number of fused-ring (bicyclic) bond motifs is 1. The molecule has 0 unspecified atom stereocenters. The molecule has 1 aliphatic rings. The molecule has 9 nitrogen and oxygen atoms in total. The molecule has 0 aromatic heterocycles. The zero-order chi connectivity index (χ0) is 12.6. The SMILES string of the molecule is O=C1OCNc2c1cc([N+](=O)[O-])cc2[N+](=O)[O-]. The first kappa shape index (κ1) is 10.8. The van der Waals surface area contributed by atoms with Gasteiger partial charge >= 0.3 is 5.97 Å². The van der Waals surface area contributed by atoms with Gasteiger partial charge in [-0.1, -0.05) is 0 Å². The molecule has 0 atom stereocenters.